The third-order valence-electron chi connectivity index (χ3n) is 5.94. The van der Waals surface area contributed by atoms with Crippen molar-refractivity contribution in [1.29, 1.82) is 0 Å². The van der Waals surface area contributed by atoms with Crippen LogP contribution in [0.25, 0.3) is 22.4 Å². The highest BCUT2D eigenvalue weighted by molar-refractivity contribution is 7.90. The van der Waals surface area contributed by atoms with Crippen LogP contribution in [0.15, 0.2) is 41.4 Å². The topological polar surface area (TPSA) is 104 Å². The molecule has 0 radical (unpaired) electrons. The Morgan fingerprint density at radius 3 is 2.61 bits per heavy atom. The Labute approximate surface area is 211 Å². The molecule has 1 atom stereocenters. The number of hydrogen-bond acceptors (Lipinski definition) is 7. The molecule has 0 spiro atoms. The van der Waals surface area contributed by atoms with E-state index in [2.05, 4.69) is 20.4 Å². The van der Waals surface area contributed by atoms with Gasteiger partial charge in [0, 0.05) is 37.7 Å². The number of nitrogens with zero attached hydrogens (tertiary/aromatic N) is 5. The van der Waals surface area contributed by atoms with Crippen LogP contribution in [-0.4, -0.2) is 45.6 Å². The Kier molecular flexibility index (Phi) is 6.43. The molecule has 36 heavy (non-hydrogen) atoms. The van der Waals surface area contributed by atoms with Crippen molar-refractivity contribution < 1.29 is 21.9 Å². The molecule has 1 aliphatic heterocycles. The van der Waals surface area contributed by atoms with E-state index in [1.165, 1.54) is 16.7 Å². The Bertz CT molecular complexity index is 1550. The largest absolute Gasteiger partial charge is 0.358 e. The Morgan fingerprint density at radius 1 is 1.17 bits per heavy atom. The maximum atomic E-state index is 14.0. The lowest BCUT2D eigenvalue weighted by Crippen LogP contribution is -2.20. The van der Waals surface area contributed by atoms with E-state index in [-0.39, 0.29) is 32.6 Å². The second-order valence-electron chi connectivity index (χ2n) is 8.61. The summed E-state index contributed by atoms with van der Waals surface area (Å²) in [6.07, 6.45) is 1.53. The van der Waals surface area contributed by atoms with Crippen molar-refractivity contribution >= 4 is 44.0 Å². The summed E-state index contributed by atoms with van der Waals surface area (Å²) in [5.41, 5.74) is 1.98. The summed E-state index contributed by atoms with van der Waals surface area (Å²) in [4.78, 5) is 8.45. The normalized spacial score (nSPS) is 16.7. The van der Waals surface area contributed by atoms with Gasteiger partial charge in [-0.15, -0.1) is 0 Å². The Balaban J connectivity index is 1.64. The number of ether oxygens (including phenoxy) is 1. The lowest BCUT2D eigenvalue weighted by Gasteiger charge is -2.25. The fraction of sp³-hybridized carbons (Fsp3) is 0.348. The van der Waals surface area contributed by atoms with E-state index in [4.69, 9.17) is 16.3 Å². The number of aromatic nitrogens is 5. The highest BCUT2D eigenvalue weighted by Crippen LogP contribution is 2.37. The summed E-state index contributed by atoms with van der Waals surface area (Å²) in [6.45, 7) is 0.443. The number of pyridine rings is 1. The number of sulfone groups is 1. The standard InChI is InChI=1S/C23H23ClF2N6O3S/c1-31-9-8-14(30-31)13-6-7-15(17(11-13)36(2,33)34)27-16-12-18(24)28-22-20(16)29-23(21(25)26)32(22)19-5-3-4-10-35-19/h6-9,11-12,19,21H,3-5,10H2,1-2H3,(H,27,28). The molecule has 1 aliphatic rings. The third kappa shape index (κ3) is 4.67. The van der Waals surface area contributed by atoms with Gasteiger partial charge in [-0.05, 0) is 37.5 Å². The van der Waals surface area contributed by atoms with Crippen LogP contribution in [0.5, 0.6) is 0 Å². The van der Waals surface area contributed by atoms with Crippen LogP contribution in [0.2, 0.25) is 5.15 Å². The smallest absolute Gasteiger partial charge is 0.295 e. The predicted molar refractivity (Wildman–Crippen MR) is 131 cm³/mol. The zero-order valence-electron chi connectivity index (χ0n) is 19.5. The molecule has 5 rings (SSSR count). The van der Waals surface area contributed by atoms with Gasteiger partial charge in [0.05, 0.1) is 22.0 Å². The van der Waals surface area contributed by atoms with Crippen molar-refractivity contribution in [3.05, 3.63) is 47.5 Å². The second-order valence-corrected chi connectivity index (χ2v) is 11.0. The van der Waals surface area contributed by atoms with E-state index >= 15 is 0 Å². The minimum atomic E-state index is -3.69. The van der Waals surface area contributed by atoms with Crippen molar-refractivity contribution in [3.63, 3.8) is 0 Å². The van der Waals surface area contributed by atoms with Crippen LogP contribution in [0, 0.1) is 0 Å². The van der Waals surface area contributed by atoms with Crippen LogP contribution in [-0.2, 0) is 21.6 Å². The van der Waals surface area contributed by atoms with Gasteiger partial charge in [0.1, 0.15) is 16.9 Å². The number of imidazole rings is 1. The zero-order chi connectivity index (χ0) is 25.6. The molecule has 13 heteroatoms. The maximum Gasteiger partial charge on any atom is 0.295 e. The van der Waals surface area contributed by atoms with Crippen LogP contribution in [0.3, 0.4) is 0 Å². The lowest BCUT2D eigenvalue weighted by molar-refractivity contribution is -0.0363. The van der Waals surface area contributed by atoms with Gasteiger partial charge in [-0.3, -0.25) is 9.25 Å². The summed E-state index contributed by atoms with van der Waals surface area (Å²) in [5.74, 6) is -0.483. The molecule has 1 saturated heterocycles. The Morgan fingerprint density at radius 2 is 1.97 bits per heavy atom. The Hall–Kier alpha value is -3.09. The third-order valence-corrected chi connectivity index (χ3v) is 7.27. The molecule has 1 N–H and O–H groups in total. The van der Waals surface area contributed by atoms with Crippen molar-refractivity contribution in [2.75, 3.05) is 18.2 Å². The molecule has 1 unspecified atom stereocenters. The highest BCUT2D eigenvalue weighted by atomic mass is 35.5. The number of nitrogens with one attached hydrogen (secondary N) is 1. The number of halogens is 3. The zero-order valence-corrected chi connectivity index (χ0v) is 21.0. The molecule has 3 aromatic heterocycles. The molecule has 0 saturated carbocycles. The van der Waals surface area contributed by atoms with Gasteiger partial charge in [0.15, 0.2) is 21.3 Å². The minimum absolute atomic E-state index is 0.0101. The van der Waals surface area contributed by atoms with Gasteiger partial charge in [-0.1, -0.05) is 17.7 Å². The van der Waals surface area contributed by atoms with E-state index in [9.17, 15) is 17.2 Å². The van der Waals surface area contributed by atoms with E-state index in [0.29, 0.717) is 24.3 Å². The SMILES string of the molecule is Cn1ccc(-c2ccc(Nc3cc(Cl)nc4c3nc(C(F)F)n4C3CCCCO3)c(S(C)(=O)=O)c2)n1. The van der Waals surface area contributed by atoms with Gasteiger partial charge < -0.3 is 10.1 Å². The summed E-state index contributed by atoms with van der Waals surface area (Å²) in [7, 11) is -1.92. The molecule has 4 heterocycles. The minimum Gasteiger partial charge on any atom is -0.358 e. The quantitative estimate of drug-likeness (QED) is 0.335. The highest BCUT2D eigenvalue weighted by Gasteiger charge is 2.29. The summed E-state index contributed by atoms with van der Waals surface area (Å²) < 4.78 is 62.0. The summed E-state index contributed by atoms with van der Waals surface area (Å²) >= 11 is 6.28. The number of fused-ring (bicyclic) bond motifs is 1. The van der Waals surface area contributed by atoms with Gasteiger partial charge in [-0.25, -0.2) is 27.2 Å². The van der Waals surface area contributed by atoms with Gasteiger partial charge in [-0.2, -0.15) is 5.10 Å². The van der Waals surface area contributed by atoms with E-state index in [1.54, 1.807) is 36.1 Å². The fourth-order valence-electron chi connectivity index (χ4n) is 4.32. The molecule has 190 valence electrons. The average molecular weight is 537 g/mol. The first kappa shape index (κ1) is 24.6. The molecule has 0 bridgehead atoms. The average Bonchev–Trinajstić information content (AvgIpc) is 3.43. The number of alkyl halides is 2. The van der Waals surface area contributed by atoms with Crippen molar-refractivity contribution in [2.45, 2.75) is 36.8 Å². The molecule has 0 amide bonds. The number of aryl methyl sites for hydroxylation is 1. The number of benzene rings is 1. The maximum absolute atomic E-state index is 14.0. The summed E-state index contributed by atoms with van der Waals surface area (Å²) in [5, 5.41) is 7.40. The lowest BCUT2D eigenvalue weighted by atomic mass is 10.1. The molecule has 0 aliphatic carbocycles. The first-order valence-electron chi connectivity index (χ1n) is 11.2. The van der Waals surface area contributed by atoms with Crippen LogP contribution in [0.4, 0.5) is 20.2 Å². The first-order chi connectivity index (χ1) is 17.1. The first-order valence-corrected chi connectivity index (χ1v) is 13.5. The van der Waals surface area contributed by atoms with Gasteiger partial charge >= 0.3 is 0 Å². The van der Waals surface area contributed by atoms with Crippen molar-refractivity contribution in [1.82, 2.24) is 24.3 Å². The second kappa shape index (κ2) is 9.41. The summed E-state index contributed by atoms with van der Waals surface area (Å²) in [6, 6.07) is 8.02. The van der Waals surface area contributed by atoms with Crippen LogP contribution >= 0.6 is 11.6 Å². The van der Waals surface area contributed by atoms with Crippen molar-refractivity contribution in [3.8, 4) is 11.3 Å². The van der Waals surface area contributed by atoms with E-state index < -0.39 is 28.3 Å². The molecule has 9 nitrogen and oxygen atoms in total. The molecule has 1 aromatic carbocycles. The molecule has 1 fully saturated rings. The molecular formula is C23H23ClF2N6O3S. The number of rotatable bonds is 6. The van der Waals surface area contributed by atoms with E-state index in [1.807, 2.05) is 0 Å². The van der Waals surface area contributed by atoms with Crippen molar-refractivity contribution in [2.24, 2.45) is 7.05 Å². The predicted octanol–water partition coefficient (Wildman–Crippen LogP) is 5.27. The van der Waals surface area contributed by atoms with Crippen LogP contribution < -0.4 is 5.32 Å². The fourth-order valence-corrected chi connectivity index (χ4v) is 5.36. The number of hydrogen-bond donors (Lipinski definition) is 1. The number of anilines is 2. The van der Waals surface area contributed by atoms with Gasteiger partial charge in [0.2, 0.25) is 0 Å². The van der Waals surface area contributed by atoms with Gasteiger partial charge in [0.25, 0.3) is 6.43 Å². The van der Waals surface area contributed by atoms with Crippen LogP contribution in [0.1, 0.15) is 37.7 Å². The molecule has 4 aromatic rings. The molecular weight excluding hydrogens is 514 g/mol. The monoisotopic (exact) mass is 536 g/mol. The van der Waals surface area contributed by atoms with E-state index in [0.717, 1.165) is 19.1 Å².